The topological polar surface area (TPSA) is 64.1 Å². The van der Waals surface area contributed by atoms with E-state index in [4.69, 9.17) is 16.3 Å². The number of hydrogen-bond donors (Lipinski definition) is 1. The van der Waals surface area contributed by atoms with E-state index in [-0.39, 0.29) is 28.6 Å². The van der Waals surface area contributed by atoms with Crippen LogP contribution >= 0.6 is 11.6 Å². The zero-order valence-electron chi connectivity index (χ0n) is 12.0. The first-order valence-electron chi connectivity index (χ1n) is 6.34. The van der Waals surface area contributed by atoms with E-state index in [1.807, 2.05) is 27.7 Å². The molecule has 0 spiro atoms. The molecule has 0 aliphatic rings. The molecule has 108 valence electrons. The molecule has 0 aliphatic heterocycles. The Kier molecular flexibility index (Phi) is 5.38. The summed E-state index contributed by atoms with van der Waals surface area (Å²) in [4.78, 5) is 27.0. The fourth-order valence-electron chi connectivity index (χ4n) is 2.07. The molecule has 6 heteroatoms. The zero-order valence-corrected chi connectivity index (χ0v) is 12.7. The Labute approximate surface area is 117 Å². The first kappa shape index (κ1) is 16.0. The Morgan fingerprint density at radius 1 is 1.26 bits per heavy atom. The summed E-state index contributed by atoms with van der Waals surface area (Å²) in [5.74, 6) is 0.0402. The van der Waals surface area contributed by atoms with Crippen LogP contribution in [0.5, 0.6) is 0 Å². The van der Waals surface area contributed by atoms with Gasteiger partial charge in [0.15, 0.2) is 0 Å². The first-order valence-corrected chi connectivity index (χ1v) is 6.72. The summed E-state index contributed by atoms with van der Waals surface area (Å²) < 4.78 is 6.33. The summed E-state index contributed by atoms with van der Waals surface area (Å²) >= 11 is 5.96. The highest BCUT2D eigenvalue weighted by molar-refractivity contribution is 6.30. The van der Waals surface area contributed by atoms with E-state index in [0.717, 1.165) is 0 Å². The van der Waals surface area contributed by atoms with E-state index in [0.29, 0.717) is 12.2 Å². The Morgan fingerprint density at radius 3 is 2.26 bits per heavy atom. The number of rotatable bonds is 5. The lowest BCUT2D eigenvalue weighted by Gasteiger charge is -2.23. The summed E-state index contributed by atoms with van der Waals surface area (Å²) in [5, 5.41) is 0.126. The summed E-state index contributed by atoms with van der Waals surface area (Å²) in [6.45, 7) is 7.93. The van der Waals surface area contributed by atoms with Gasteiger partial charge in [0.1, 0.15) is 5.15 Å². The smallest absolute Gasteiger partial charge is 0.329 e. The molecule has 1 aromatic heterocycles. The molecule has 5 nitrogen and oxygen atoms in total. The third-order valence-electron chi connectivity index (χ3n) is 3.14. The molecule has 0 bridgehead atoms. The maximum atomic E-state index is 12.5. The molecule has 0 saturated carbocycles. The molecule has 1 rings (SSSR count). The van der Waals surface area contributed by atoms with Gasteiger partial charge in [0.2, 0.25) is 0 Å². The molecule has 0 aromatic carbocycles. The molecule has 0 amide bonds. The van der Waals surface area contributed by atoms with Crippen molar-refractivity contribution in [3.05, 3.63) is 31.6 Å². The summed E-state index contributed by atoms with van der Waals surface area (Å²) in [7, 11) is 1.55. The van der Waals surface area contributed by atoms with Gasteiger partial charge in [-0.1, -0.05) is 39.3 Å². The average Bonchev–Trinajstić information content (AvgIpc) is 2.26. The number of halogens is 1. The van der Waals surface area contributed by atoms with Gasteiger partial charge >= 0.3 is 5.69 Å². The maximum absolute atomic E-state index is 12.5. The van der Waals surface area contributed by atoms with Crippen LogP contribution < -0.4 is 11.2 Å². The zero-order chi connectivity index (χ0) is 14.7. The molecule has 1 unspecified atom stereocenters. The van der Waals surface area contributed by atoms with Crippen molar-refractivity contribution < 1.29 is 4.74 Å². The lowest BCUT2D eigenvalue weighted by atomic mass is 10.0. The van der Waals surface area contributed by atoms with Crippen molar-refractivity contribution >= 4 is 11.6 Å². The molecule has 0 fully saturated rings. The van der Waals surface area contributed by atoms with E-state index >= 15 is 0 Å². The Morgan fingerprint density at radius 2 is 1.84 bits per heavy atom. The fraction of sp³-hybridized carbons (Fsp3) is 0.692. The number of aromatic nitrogens is 2. The maximum Gasteiger partial charge on any atom is 0.329 e. The Hall–Kier alpha value is -1.07. The SMILES string of the molecule is COCC(C(C)C)n1c(=O)[nH]c(Cl)c(C(C)C)c1=O. The third kappa shape index (κ3) is 3.28. The average molecular weight is 289 g/mol. The van der Waals surface area contributed by atoms with Gasteiger partial charge in [-0.25, -0.2) is 4.79 Å². The molecule has 1 atom stereocenters. The van der Waals surface area contributed by atoms with Gasteiger partial charge in [-0.2, -0.15) is 0 Å². The van der Waals surface area contributed by atoms with E-state index in [1.54, 1.807) is 7.11 Å². The second-order valence-electron chi connectivity index (χ2n) is 5.25. The highest BCUT2D eigenvalue weighted by Gasteiger charge is 2.23. The number of hydrogen-bond acceptors (Lipinski definition) is 3. The van der Waals surface area contributed by atoms with Crippen molar-refractivity contribution in [1.82, 2.24) is 9.55 Å². The van der Waals surface area contributed by atoms with Crippen LogP contribution in [0, 0.1) is 5.92 Å². The van der Waals surface area contributed by atoms with Gasteiger partial charge in [-0.15, -0.1) is 0 Å². The minimum atomic E-state index is -0.491. The van der Waals surface area contributed by atoms with Gasteiger partial charge in [0, 0.05) is 7.11 Å². The lowest BCUT2D eigenvalue weighted by molar-refractivity contribution is 0.128. The number of aromatic amines is 1. The molecule has 0 aliphatic carbocycles. The van der Waals surface area contributed by atoms with Gasteiger partial charge in [0.05, 0.1) is 18.2 Å². The van der Waals surface area contributed by atoms with Crippen LogP contribution in [-0.2, 0) is 4.74 Å². The highest BCUT2D eigenvalue weighted by Crippen LogP contribution is 2.19. The summed E-state index contributed by atoms with van der Waals surface area (Å²) in [6.07, 6.45) is 0. The van der Waals surface area contributed by atoms with Crippen LogP contribution in [0.1, 0.15) is 45.2 Å². The minimum absolute atomic E-state index is 0.0570. The van der Waals surface area contributed by atoms with Crippen molar-refractivity contribution in [2.24, 2.45) is 5.92 Å². The molecule has 0 saturated heterocycles. The van der Waals surface area contributed by atoms with E-state index in [9.17, 15) is 9.59 Å². The van der Waals surface area contributed by atoms with Crippen LogP contribution in [0.25, 0.3) is 0 Å². The van der Waals surface area contributed by atoms with Gasteiger partial charge < -0.3 is 4.74 Å². The monoisotopic (exact) mass is 288 g/mol. The predicted molar refractivity (Wildman–Crippen MR) is 76.2 cm³/mol. The van der Waals surface area contributed by atoms with Gasteiger partial charge in [-0.05, 0) is 11.8 Å². The van der Waals surface area contributed by atoms with E-state index < -0.39 is 5.69 Å². The number of methoxy groups -OCH3 is 1. The second kappa shape index (κ2) is 6.39. The Bertz CT molecular complexity index is 546. The van der Waals surface area contributed by atoms with Crippen molar-refractivity contribution in [1.29, 1.82) is 0 Å². The number of H-pyrrole nitrogens is 1. The highest BCUT2D eigenvalue weighted by atomic mass is 35.5. The van der Waals surface area contributed by atoms with Crippen LogP contribution in [0.4, 0.5) is 0 Å². The van der Waals surface area contributed by atoms with Crippen LogP contribution in [0.3, 0.4) is 0 Å². The third-order valence-corrected chi connectivity index (χ3v) is 3.44. The molecule has 1 N–H and O–H groups in total. The van der Waals surface area contributed by atoms with Crippen LogP contribution in [-0.4, -0.2) is 23.3 Å². The molecule has 0 radical (unpaired) electrons. The predicted octanol–water partition coefficient (Wildman–Crippen LogP) is 2.16. The van der Waals surface area contributed by atoms with Crippen molar-refractivity contribution in [2.45, 2.75) is 39.7 Å². The largest absolute Gasteiger partial charge is 0.383 e. The van der Waals surface area contributed by atoms with Crippen LogP contribution in [0.2, 0.25) is 5.15 Å². The normalized spacial score (nSPS) is 13.3. The fourth-order valence-corrected chi connectivity index (χ4v) is 2.45. The second-order valence-corrected chi connectivity index (χ2v) is 5.63. The number of ether oxygens (including phenoxy) is 1. The summed E-state index contributed by atoms with van der Waals surface area (Å²) in [5.41, 5.74) is -0.391. The van der Waals surface area contributed by atoms with E-state index in [2.05, 4.69) is 4.98 Å². The molecular weight excluding hydrogens is 268 g/mol. The van der Waals surface area contributed by atoms with E-state index in [1.165, 1.54) is 4.57 Å². The molecule has 1 heterocycles. The molecular formula is C13H21ClN2O3. The van der Waals surface area contributed by atoms with Crippen molar-refractivity contribution in [3.8, 4) is 0 Å². The van der Waals surface area contributed by atoms with Gasteiger partial charge in [-0.3, -0.25) is 14.3 Å². The molecule has 19 heavy (non-hydrogen) atoms. The number of nitrogens with zero attached hydrogens (tertiary/aromatic N) is 1. The minimum Gasteiger partial charge on any atom is -0.383 e. The van der Waals surface area contributed by atoms with Crippen molar-refractivity contribution in [2.75, 3.05) is 13.7 Å². The lowest BCUT2D eigenvalue weighted by Crippen LogP contribution is -2.43. The number of nitrogens with one attached hydrogen (secondary N) is 1. The molecule has 1 aromatic rings. The standard InChI is InChI=1S/C13H21ClN2O3/c1-7(2)9(6-19-5)16-12(17)10(8(3)4)11(14)15-13(16)18/h7-9H,6H2,1-5H3,(H,15,18). The first-order chi connectivity index (χ1) is 8.81. The van der Waals surface area contributed by atoms with Crippen molar-refractivity contribution in [3.63, 3.8) is 0 Å². The van der Waals surface area contributed by atoms with Gasteiger partial charge in [0.25, 0.3) is 5.56 Å². The van der Waals surface area contributed by atoms with Crippen LogP contribution in [0.15, 0.2) is 9.59 Å². The Balaban J connectivity index is 3.55. The quantitative estimate of drug-likeness (QED) is 0.845. The summed E-state index contributed by atoms with van der Waals surface area (Å²) in [6, 6.07) is -0.309.